The van der Waals surface area contributed by atoms with Crippen molar-refractivity contribution in [3.8, 4) is 0 Å². The highest BCUT2D eigenvalue weighted by Gasteiger charge is 2.27. The first-order valence-electron chi connectivity index (χ1n) is 7.37. The van der Waals surface area contributed by atoms with Gasteiger partial charge in [0.2, 0.25) is 17.7 Å². The summed E-state index contributed by atoms with van der Waals surface area (Å²) in [5.74, 6) is -0.330. The van der Waals surface area contributed by atoms with Crippen LogP contribution in [0.3, 0.4) is 0 Å². The van der Waals surface area contributed by atoms with Gasteiger partial charge in [-0.3, -0.25) is 14.4 Å². The Morgan fingerprint density at radius 1 is 1.38 bits per heavy atom. The Morgan fingerprint density at radius 3 is 2.71 bits per heavy atom. The van der Waals surface area contributed by atoms with Gasteiger partial charge in [0.25, 0.3) is 0 Å². The second-order valence-corrected chi connectivity index (χ2v) is 5.35. The minimum atomic E-state index is -0.262. The number of likely N-dealkylation sites (N-methyl/N-ethyl adjacent to an activating group) is 1. The quantitative estimate of drug-likeness (QED) is 0.727. The van der Waals surface area contributed by atoms with Gasteiger partial charge in [0.1, 0.15) is 0 Å². The Labute approximate surface area is 126 Å². The Morgan fingerprint density at radius 2 is 2.10 bits per heavy atom. The first kappa shape index (κ1) is 17.2. The smallest absolute Gasteiger partial charge is 0.246 e. The van der Waals surface area contributed by atoms with Gasteiger partial charge in [-0.25, -0.2) is 0 Å². The van der Waals surface area contributed by atoms with Crippen molar-refractivity contribution in [2.24, 2.45) is 0 Å². The van der Waals surface area contributed by atoms with E-state index in [4.69, 9.17) is 0 Å². The molecule has 6 heteroatoms. The number of hydrogen-bond donors (Lipinski definition) is 1. The zero-order valence-electron chi connectivity index (χ0n) is 12.9. The molecule has 1 aliphatic heterocycles. The minimum absolute atomic E-state index is 0.00748. The Kier molecular flexibility index (Phi) is 6.91. The summed E-state index contributed by atoms with van der Waals surface area (Å²) >= 11 is 0. The van der Waals surface area contributed by atoms with Crippen molar-refractivity contribution in [1.29, 1.82) is 0 Å². The van der Waals surface area contributed by atoms with E-state index >= 15 is 0 Å². The normalized spacial score (nSPS) is 18.0. The van der Waals surface area contributed by atoms with Gasteiger partial charge in [-0.1, -0.05) is 6.58 Å². The molecule has 1 unspecified atom stereocenters. The van der Waals surface area contributed by atoms with Crippen LogP contribution in [0, 0.1) is 0 Å². The number of rotatable bonds is 6. The molecule has 1 N–H and O–H groups in total. The fraction of sp³-hybridized carbons (Fsp3) is 0.667. The molecule has 0 aliphatic carbocycles. The zero-order valence-corrected chi connectivity index (χ0v) is 12.9. The molecule has 21 heavy (non-hydrogen) atoms. The molecule has 0 bridgehead atoms. The molecule has 1 aliphatic rings. The Hall–Kier alpha value is -1.85. The van der Waals surface area contributed by atoms with Gasteiger partial charge < -0.3 is 15.1 Å². The van der Waals surface area contributed by atoms with E-state index in [2.05, 4.69) is 11.9 Å². The lowest BCUT2D eigenvalue weighted by Gasteiger charge is -2.36. The molecular weight excluding hydrogens is 270 g/mol. The van der Waals surface area contributed by atoms with Gasteiger partial charge in [0.15, 0.2) is 0 Å². The van der Waals surface area contributed by atoms with Crippen LogP contribution in [0.5, 0.6) is 0 Å². The van der Waals surface area contributed by atoms with Crippen LogP contribution in [-0.4, -0.2) is 60.7 Å². The number of nitrogens with zero attached hydrogens (tertiary/aromatic N) is 2. The predicted molar refractivity (Wildman–Crippen MR) is 80.5 cm³/mol. The van der Waals surface area contributed by atoms with Crippen LogP contribution in [0.1, 0.15) is 32.1 Å². The third kappa shape index (κ3) is 5.21. The van der Waals surface area contributed by atoms with E-state index in [1.807, 2.05) is 4.90 Å². The number of hydrogen-bond acceptors (Lipinski definition) is 3. The summed E-state index contributed by atoms with van der Waals surface area (Å²) < 4.78 is 0. The average molecular weight is 295 g/mol. The van der Waals surface area contributed by atoms with Crippen LogP contribution in [0.4, 0.5) is 0 Å². The maximum absolute atomic E-state index is 12.4. The summed E-state index contributed by atoms with van der Waals surface area (Å²) in [5, 5.41) is 2.60. The lowest BCUT2D eigenvalue weighted by atomic mass is 9.97. The maximum Gasteiger partial charge on any atom is 0.246 e. The van der Waals surface area contributed by atoms with E-state index in [0.717, 1.165) is 19.3 Å². The van der Waals surface area contributed by atoms with Gasteiger partial charge in [-0.15, -0.1) is 0 Å². The summed E-state index contributed by atoms with van der Waals surface area (Å²) in [5.41, 5.74) is 0. The Bertz CT molecular complexity index is 409. The Balaban J connectivity index is 2.58. The van der Waals surface area contributed by atoms with Crippen molar-refractivity contribution >= 4 is 17.7 Å². The SMILES string of the molecule is C=CC(=O)N(C)CC(=O)N1CCCCC1CCC(=O)NC. The van der Waals surface area contributed by atoms with Crippen molar-refractivity contribution in [3.05, 3.63) is 12.7 Å². The van der Waals surface area contributed by atoms with E-state index in [1.165, 1.54) is 11.0 Å². The zero-order chi connectivity index (χ0) is 15.8. The highest BCUT2D eigenvalue weighted by Crippen LogP contribution is 2.21. The number of carbonyl (C=O) groups excluding carboxylic acids is 3. The van der Waals surface area contributed by atoms with Gasteiger partial charge in [0, 0.05) is 33.1 Å². The number of carbonyl (C=O) groups is 3. The molecule has 1 saturated heterocycles. The highest BCUT2D eigenvalue weighted by atomic mass is 16.2. The van der Waals surface area contributed by atoms with Crippen LogP contribution in [0.15, 0.2) is 12.7 Å². The molecule has 0 aromatic carbocycles. The first-order valence-corrected chi connectivity index (χ1v) is 7.37. The van der Waals surface area contributed by atoms with Gasteiger partial charge in [-0.05, 0) is 31.8 Å². The molecule has 1 heterocycles. The summed E-state index contributed by atoms with van der Waals surface area (Å²) in [6.07, 6.45) is 5.26. The van der Waals surface area contributed by atoms with Gasteiger partial charge >= 0.3 is 0 Å². The van der Waals surface area contributed by atoms with E-state index in [9.17, 15) is 14.4 Å². The van der Waals surface area contributed by atoms with Crippen molar-refractivity contribution in [1.82, 2.24) is 15.1 Å². The minimum Gasteiger partial charge on any atom is -0.359 e. The second-order valence-electron chi connectivity index (χ2n) is 5.35. The van der Waals surface area contributed by atoms with Crippen LogP contribution >= 0.6 is 0 Å². The molecule has 0 aromatic rings. The van der Waals surface area contributed by atoms with Crippen molar-refractivity contribution in [2.45, 2.75) is 38.1 Å². The standard InChI is InChI=1S/C15H25N3O3/c1-4-14(20)17(3)11-15(21)18-10-6-5-7-12(18)8-9-13(19)16-2/h4,12H,1,5-11H2,2-3H3,(H,16,19). The fourth-order valence-electron chi connectivity index (χ4n) is 2.58. The number of nitrogens with one attached hydrogen (secondary N) is 1. The molecule has 1 rings (SSSR count). The van der Waals surface area contributed by atoms with Crippen LogP contribution in [-0.2, 0) is 14.4 Å². The summed E-state index contributed by atoms with van der Waals surface area (Å²) in [4.78, 5) is 38.3. The van der Waals surface area contributed by atoms with Crippen LogP contribution in [0.25, 0.3) is 0 Å². The molecule has 118 valence electrons. The van der Waals surface area contributed by atoms with Gasteiger partial charge in [0.05, 0.1) is 6.54 Å². The first-order chi connectivity index (χ1) is 9.99. The number of piperidine rings is 1. The van der Waals surface area contributed by atoms with Crippen molar-refractivity contribution in [2.75, 3.05) is 27.2 Å². The molecular formula is C15H25N3O3. The summed E-state index contributed by atoms with van der Waals surface area (Å²) in [6, 6.07) is 0.0933. The molecule has 0 saturated carbocycles. The third-order valence-corrected chi connectivity index (χ3v) is 3.85. The molecule has 6 nitrogen and oxygen atoms in total. The van der Waals surface area contributed by atoms with Crippen LogP contribution < -0.4 is 5.32 Å². The van der Waals surface area contributed by atoms with E-state index < -0.39 is 0 Å². The lowest BCUT2D eigenvalue weighted by molar-refractivity contribution is -0.140. The van der Waals surface area contributed by atoms with Crippen molar-refractivity contribution < 1.29 is 14.4 Å². The summed E-state index contributed by atoms with van der Waals surface area (Å²) in [7, 11) is 3.20. The molecule has 0 radical (unpaired) electrons. The monoisotopic (exact) mass is 295 g/mol. The predicted octanol–water partition coefficient (Wildman–Crippen LogP) is 0.538. The van der Waals surface area contributed by atoms with E-state index in [0.29, 0.717) is 19.4 Å². The largest absolute Gasteiger partial charge is 0.359 e. The number of amides is 3. The average Bonchev–Trinajstić information content (AvgIpc) is 2.51. The second kappa shape index (κ2) is 8.44. The topological polar surface area (TPSA) is 69.7 Å². The van der Waals surface area contributed by atoms with E-state index in [-0.39, 0.29) is 30.3 Å². The highest BCUT2D eigenvalue weighted by molar-refractivity contribution is 5.90. The number of likely N-dealkylation sites (tertiary alicyclic amines) is 1. The molecule has 1 atom stereocenters. The third-order valence-electron chi connectivity index (χ3n) is 3.85. The molecule has 0 aromatic heterocycles. The van der Waals surface area contributed by atoms with E-state index in [1.54, 1.807) is 14.1 Å². The fourth-order valence-corrected chi connectivity index (χ4v) is 2.58. The lowest BCUT2D eigenvalue weighted by Crippen LogP contribution is -2.48. The molecule has 3 amide bonds. The van der Waals surface area contributed by atoms with Crippen LogP contribution in [0.2, 0.25) is 0 Å². The summed E-state index contributed by atoms with van der Waals surface area (Å²) in [6.45, 7) is 4.17. The molecule has 0 spiro atoms. The molecule has 1 fully saturated rings. The van der Waals surface area contributed by atoms with Gasteiger partial charge in [-0.2, -0.15) is 0 Å². The maximum atomic E-state index is 12.4. The van der Waals surface area contributed by atoms with Crippen molar-refractivity contribution in [3.63, 3.8) is 0 Å².